The maximum absolute atomic E-state index is 13.3. The average molecular weight is 444 g/mol. The van der Waals surface area contributed by atoms with Crippen LogP contribution in [0.25, 0.3) is 5.69 Å². The molecule has 2 aromatic carbocycles. The van der Waals surface area contributed by atoms with Crippen LogP contribution in [0, 0.1) is 11.7 Å². The Balaban J connectivity index is 1.58. The average Bonchev–Trinajstić information content (AvgIpc) is 3.16. The number of thioether (sulfide) groups is 1. The van der Waals surface area contributed by atoms with Crippen LogP contribution in [0.3, 0.4) is 0 Å². The molecule has 0 saturated heterocycles. The molecule has 6 heteroatoms. The third kappa shape index (κ3) is 5.19. The van der Waals surface area contributed by atoms with Crippen LogP contribution in [-0.4, -0.2) is 22.4 Å². The number of anilines is 1. The van der Waals surface area contributed by atoms with Crippen molar-refractivity contribution in [3.63, 3.8) is 0 Å². The zero-order valence-electron chi connectivity index (χ0n) is 17.2. The van der Waals surface area contributed by atoms with Gasteiger partial charge in [-0.1, -0.05) is 42.6 Å². The number of benzene rings is 2. The summed E-state index contributed by atoms with van der Waals surface area (Å²) in [5, 5.41) is 1.74. The van der Waals surface area contributed by atoms with Crippen LogP contribution in [0.5, 0.6) is 0 Å². The Hall–Kier alpha value is -1.98. The maximum atomic E-state index is 13.3. The van der Waals surface area contributed by atoms with Crippen molar-refractivity contribution in [1.29, 1.82) is 0 Å². The Kier molecular flexibility index (Phi) is 7.00. The third-order valence-electron chi connectivity index (χ3n) is 5.73. The van der Waals surface area contributed by atoms with E-state index in [-0.39, 0.29) is 5.82 Å². The Bertz CT molecular complexity index is 950. The highest BCUT2D eigenvalue weighted by molar-refractivity contribution is 7.99. The highest BCUT2D eigenvalue weighted by Crippen LogP contribution is 2.32. The van der Waals surface area contributed by atoms with E-state index in [1.54, 1.807) is 12.1 Å². The molecule has 3 aromatic rings. The summed E-state index contributed by atoms with van der Waals surface area (Å²) < 4.78 is 15.5. The molecule has 0 spiro atoms. The van der Waals surface area contributed by atoms with Crippen molar-refractivity contribution in [2.24, 2.45) is 5.92 Å². The summed E-state index contributed by atoms with van der Waals surface area (Å²) in [6.45, 7) is 0.672. The predicted molar refractivity (Wildman–Crippen MR) is 124 cm³/mol. The fourth-order valence-electron chi connectivity index (χ4n) is 4.02. The second-order valence-electron chi connectivity index (χ2n) is 7.99. The van der Waals surface area contributed by atoms with Crippen molar-refractivity contribution in [1.82, 2.24) is 9.55 Å². The van der Waals surface area contributed by atoms with Crippen LogP contribution in [0.1, 0.15) is 37.8 Å². The molecule has 158 valence electrons. The molecule has 4 rings (SSSR count). The van der Waals surface area contributed by atoms with E-state index in [1.807, 2.05) is 49.3 Å². The number of hydrogen-bond donors (Lipinski definition) is 0. The van der Waals surface area contributed by atoms with Gasteiger partial charge in [0.05, 0.1) is 18.4 Å². The standard InChI is InChI=1S/C24H27ClFN3S/c1-28(21-13-9-20(26)10-14-21)16-23-15-27-24(30-17-18-5-3-2-4-6-18)29(23)22-11-7-19(25)8-12-22/h7-15,18H,2-6,16-17H2,1H3. The van der Waals surface area contributed by atoms with Gasteiger partial charge in [-0.05, 0) is 67.3 Å². The summed E-state index contributed by atoms with van der Waals surface area (Å²) in [6, 6.07) is 14.5. The van der Waals surface area contributed by atoms with Crippen LogP contribution in [0.15, 0.2) is 59.9 Å². The lowest BCUT2D eigenvalue weighted by Crippen LogP contribution is -2.19. The highest BCUT2D eigenvalue weighted by Gasteiger charge is 2.18. The fourth-order valence-corrected chi connectivity index (χ4v) is 5.35. The lowest BCUT2D eigenvalue weighted by Gasteiger charge is -2.22. The molecule has 1 aromatic heterocycles. The first kappa shape index (κ1) is 21.3. The molecule has 1 heterocycles. The van der Waals surface area contributed by atoms with Gasteiger partial charge < -0.3 is 4.90 Å². The van der Waals surface area contributed by atoms with Crippen LogP contribution in [-0.2, 0) is 6.54 Å². The van der Waals surface area contributed by atoms with E-state index in [9.17, 15) is 4.39 Å². The summed E-state index contributed by atoms with van der Waals surface area (Å²) in [7, 11) is 2.02. The molecule has 0 aliphatic heterocycles. The Morgan fingerprint density at radius 2 is 1.77 bits per heavy atom. The van der Waals surface area contributed by atoms with Gasteiger partial charge in [0.1, 0.15) is 5.82 Å². The SMILES string of the molecule is CN(Cc1cnc(SCC2CCCCC2)n1-c1ccc(Cl)cc1)c1ccc(F)cc1. The van der Waals surface area contributed by atoms with E-state index in [2.05, 4.69) is 9.47 Å². The van der Waals surface area contributed by atoms with Crippen molar-refractivity contribution in [2.75, 3.05) is 17.7 Å². The molecule has 1 aliphatic carbocycles. The highest BCUT2D eigenvalue weighted by atomic mass is 35.5. The Morgan fingerprint density at radius 3 is 2.47 bits per heavy atom. The van der Waals surface area contributed by atoms with Crippen molar-refractivity contribution in [2.45, 2.75) is 43.8 Å². The maximum Gasteiger partial charge on any atom is 0.172 e. The molecule has 0 unspecified atom stereocenters. The van der Waals surface area contributed by atoms with Gasteiger partial charge in [-0.15, -0.1) is 0 Å². The minimum absolute atomic E-state index is 0.222. The van der Waals surface area contributed by atoms with Crippen LogP contribution in [0.4, 0.5) is 10.1 Å². The van der Waals surface area contributed by atoms with E-state index < -0.39 is 0 Å². The number of aromatic nitrogens is 2. The van der Waals surface area contributed by atoms with Crippen molar-refractivity contribution >= 4 is 29.1 Å². The number of imidazole rings is 1. The first-order chi connectivity index (χ1) is 14.6. The first-order valence-corrected chi connectivity index (χ1v) is 11.9. The fraction of sp³-hybridized carbons (Fsp3) is 0.375. The van der Waals surface area contributed by atoms with Gasteiger partial charge in [-0.3, -0.25) is 4.57 Å². The number of rotatable bonds is 7. The topological polar surface area (TPSA) is 21.1 Å². The zero-order valence-corrected chi connectivity index (χ0v) is 18.8. The summed E-state index contributed by atoms with van der Waals surface area (Å²) in [5.74, 6) is 1.67. The van der Waals surface area contributed by atoms with Gasteiger partial charge in [0, 0.05) is 29.2 Å². The van der Waals surface area contributed by atoms with Gasteiger partial charge in [0.15, 0.2) is 5.16 Å². The Labute approximate surface area is 187 Å². The lowest BCUT2D eigenvalue weighted by atomic mass is 9.91. The zero-order chi connectivity index (χ0) is 20.9. The third-order valence-corrected chi connectivity index (χ3v) is 7.16. The lowest BCUT2D eigenvalue weighted by molar-refractivity contribution is 0.390. The predicted octanol–water partition coefficient (Wildman–Crippen LogP) is 6.97. The van der Waals surface area contributed by atoms with E-state index >= 15 is 0 Å². The molecule has 0 atom stereocenters. The van der Waals surface area contributed by atoms with Crippen LogP contribution >= 0.6 is 23.4 Å². The molecule has 0 radical (unpaired) electrons. The minimum Gasteiger partial charge on any atom is -0.369 e. The molecule has 30 heavy (non-hydrogen) atoms. The minimum atomic E-state index is -0.222. The second kappa shape index (κ2) is 9.88. The van der Waals surface area contributed by atoms with Crippen molar-refractivity contribution < 1.29 is 4.39 Å². The first-order valence-electron chi connectivity index (χ1n) is 10.5. The summed E-state index contributed by atoms with van der Waals surface area (Å²) in [5.41, 5.74) is 3.12. The molecular formula is C24H27ClFN3S. The van der Waals surface area contributed by atoms with Crippen LogP contribution in [0.2, 0.25) is 5.02 Å². The van der Waals surface area contributed by atoms with Gasteiger partial charge in [0.25, 0.3) is 0 Å². The number of hydrogen-bond acceptors (Lipinski definition) is 3. The normalized spacial score (nSPS) is 14.8. The molecule has 1 fully saturated rings. The molecule has 1 aliphatic rings. The summed E-state index contributed by atoms with van der Waals surface area (Å²) >= 11 is 7.97. The van der Waals surface area contributed by atoms with Gasteiger partial charge in [0.2, 0.25) is 0 Å². The van der Waals surface area contributed by atoms with Gasteiger partial charge in [-0.25, -0.2) is 9.37 Å². The van der Waals surface area contributed by atoms with Gasteiger partial charge in [-0.2, -0.15) is 0 Å². The van der Waals surface area contributed by atoms with Crippen molar-refractivity contribution in [3.8, 4) is 5.69 Å². The van der Waals surface area contributed by atoms with E-state index in [4.69, 9.17) is 16.6 Å². The number of halogens is 2. The summed E-state index contributed by atoms with van der Waals surface area (Å²) in [6.07, 6.45) is 8.69. The molecule has 3 nitrogen and oxygen atoms in total. The van der Waals surface area contributed by atoms with Crippen LogP contribution < -0.4 is 4.90 Å². The second-order valence-corrected chi connectivity index (χ2v) is 9.42. The quantitative estimate of drug-likeness (QED) is 0.368. The smallest absolute Gasteiger partial charge is 0.172 e. The van der Waals surface area contributed by atoms with Gasteiger partial charge >= 0.3 is 0 Å². The molecular weight excluding hydrogens is 417 g/mol. The molecule has 0 N–H and O–H groups in total. The number of nitrogens with zero attached hydrogens (tertiary/aromatic N) is 3. The van der Waals surface area contributed by atoms with E-state index in [0.29, 0.717) is 6.54 Å². The Morgan fingerprint density at radius 1 is 1.07 bits per heavy atom. The molecule has 0 amide bonds. The molecule has 0 bridgehead atoms. The van der Waals surface area contributed by atoms with E-state index in [0.717, 1.165) is 38.9 Å². The van der Waals surface area contributed by atoms with Crippen molar-refractivity contribution in [3.05, 3.63) is 71.3 Å². The summed E-state index contributed by atoms with van der Waals surface area (Å²) in [4.78, 5) is 6.88. The monoisotopic (exact) mass is 443 g/mol. The largest absolute Gasteiger partial charge is 0.369 e. The van der Waals surface area contributed by atoms with E-state index in [1.165, 1.54) is 44.2 Å². The molecule has 1 saturated carbocycles.